The first-order chi connectivity index (χ1) is 9.54. The Balaban J connectivity index is 1.67. The average molecular weight is 288 g/mol. The second-order valence-electron chi connectivity index (χ2n) is 7.03. The van der Waals surface area contributed by atoms with Crippen LogP contribution in [0, 0.1) is 11.3 Å². The standard InChI is InChI=1S/C17H24N2S/c1-17(2,3)14-7-9-19(10-8-14)11-13-5-4-6-15-16(13)20-12-18-15/h4-6,12,14H,7-11H2,1-3H3. The van der Waals surface area contributed by atoms with Crippen molar-refractivity contribution in [2.45, 2.75) is 40.2 Å². The summed E-state index contributed by atoms with van der Waals surface area (Å²) in [5.41, 5.74) is 5.01. The van der Waals surface area contributed by atoms with E-state index in [9.17, 15) is 0 Å². The van der Waals surface area contributed by atoms with Gasteiger partial charge in [0.05, 0.1) is 15.7 Å². The second kappa shape index (κ2) is 5.45. The van der Waals surface area contributed by atoms with Gasteiger partial charge in [-0.15, -0.1) is 11.3 Å². The van der Waals surface area contributed by atoms with Crippen LogP contribution in [0.3, 0.4) is 0 Å². The molecule has 0 bridgehead atoms. The number of aromatic nitrogens is 1. The van der Waals surface area contributed by atoms with Gasteiger partial charge in [0.25, 0.3) is 0 Å². The highest BCUT2D eigenvalue weighted by molar-refractivity contribution is 7.16. The first-order valence-corrected chi connectivity index (χ1v) is 8.45. The lowest BCUT2D eigenvalue weighted by molar-refractivity contribution is 0.108. The fourth-order valence-corrected chi connectivity index (χ4v) is 4.06. The lowest BCUT2D eigenvalue weighted by Gasteiger charge is -2.38. The van der Waals surface area contributed by atoms with Crippen molar-refractivity contribution in [2.24, 2.45) is 11.3 Å². The molecule has 0 radical (unpaired) electrons. The second-order valence-corrected chi connectivity index (χ2v) is 7.89. The quantitative estimate of drug-likeness (QED) is 0.805. The maximum atomic E-state index is 4.42. The van der Waals surface area contributed by atoms with Crippen molar-refractivity contribution in [3.8, 4) is 0 Å². The Hall–Kier alpha value is -0.930. The summed E-state index contributed by atoms with van der Waals surface area (Å²) in [6.45, 7) is 10.7. The third-order valence-electron chi connectivity index (χ3n) is 4.64. The minimum atomic E-state index is 0.462. The summed E-state index contributed by atoms with van der Waals surface area (Å²) in [7, 11) is 0. The number of hydrogen-bond acceptors (Lipinski definition) is 3. The molecule has 1 aliphatic rings. The maximum absolute atomic E-state index is 4.42. The number of likely N-dealkylation sites (tertiary alicyclic amines) is 1. The van der Waals surface area contributed by atoms with E-state index in [1.54, 1.807) is 11.3 Å². The third-order valence-corrected chi connectivity index (χ3v) is 5.56. The van der Waals surface area contributed by atoms with E-state index < -0.39 is 0 Å². The lowest BCUT2D eigenvalue weighted by Crippen LogP contribution is -2.37. The van der Waals surface area contributed by atoms with Crippen LogP contribution in [-0.2, 0) is 6.54 Å². The summed E-state index contributed by atoms with van der Waals surface area (Å²) < 4.78 is 1.37. The van der Waals surface area contributed by atoms with Gasteiger partial charge in [-0.3, -0.25) is 4.90 Å². The SMILES string of the molecule is CC(C)(C)C1CCN(Cc2cccc3ncsc23)CC1. The third kappa shape index (κ3) is 2.89. The molecule has 3 heteroatoms. The van der Waals surface area contributed by atoms with Gasteiger partial charge in [-0.25, -0.2) is 4.98 Å². The molecule has 2 aromatic rings. The molecule has 2 heterocycles. The Morgan fingerprint density at radius 2 is 2.00 bits per heavy atom. The fraction of sp³-hybridized carbons (Fsp3) is 0.588. The Morgan fingerprint density at radius 1 is 1.25 bits per heavy atom. The predicted molar refractivity (Wildman–Crippen MR) is 87.1 cm³/mol. The van der Waals surface area contributed by atoms with Crippen LogP contribution >= 0.6 is 11.3 Å². The van der Waals surface area contributed by atoms with E-state index in [4.69, 9.17) is 0 Å². The Labute approximate surface area is 125 Å². The summed E-state index contributed by atoms with van der Waals surface area (Å²) in [6, 6.07) is 6.51. The first kappa shape index (κ1) is 14.0. The zero-order chi connectivity index (χ0) is 14.2. The van der Waals surface area contributed by atoms with Crippen molar-refractivity contribution in [3.05, 3.63) is 29.3 Å². The maximum Gasteiger partial charge on any atom is 0.0815 e. The van der Waals surface area contributed by atoms with Crippen LogP contribution in [0.1, 0.15) is 39.2 Å². The molecule has 0 amide bonds. The van der Waals surface area contributed by atoms with Crippen molar-refractivity contribution in [1.29, 1.82) is 0 Å². The van der Waals surface area contributed by atoms with Gasteiger partial charge in [0.2, 0.25) is 0 Å². The van der Waals surface area contributed by atoms with Crippen LogP contribution < -0.4 is 0 Å². The van der Waals surface area contributed by atoms with Crippen molar-refractivity contribution >= 4 is 21.6 Å². The van der Waals surface area contributed by atoms with Crippen molar-refractivity contribution in [2.75, 3.05) is 13.1 Å². The van der Waals surface area contributed by atoms with Gasteiger partial charge in [0.1, 0.15) is 0 Å². The van der Waals surface area contributed by atoms with Crippen LogP contribution in [0.5, 0.6) is 0 Å². The van der Waals surface area contributed by atoms with Gasteiger partial charge >= 0.3 is 0 Å². The molecule has 1 aliphatic heterocycles. The molecule has 3 rings (SSSR count). The summed E-state index contributed by atoms with van der Waals surface area (Å²) in [6.07, 6.45) is 2.67. The van der Waals surface area contributed by atoms with Crippen molar-refractivity contribution in [1.82, 2.24) is 9.88 Å². The van der Waals surface area contributed by atoms with E-state index in [-0.39, 0.29) is 0 Å². The summed E-state index contributed by atoms with van der Waals surface area (Å²) in [5.74, 6) is 0.873. The number of rotatable bonds is 2. The first-order valence-electron chi connectivity index (χ1n) is 7.57. The predicted octanol–water partition coefficient (Wildman–Crippen LogP) is 4.55. The van der Waals surface area contributed by atoms with Crippen LogP contribution in [0.2, 0.25) is 0 Å². The van der Waals surface area contributed by atoms with Crippen LogP contribution in [0.15, 0.2) is 23.7 Å². The Kier molecular flexibility index (Phi) is 3.83. The van der Waals surface area contributed by atoms with Gasteiger partial charge < -0.3 is 0 Å². The Morgan fingerprint density at radius 3 is 2.70 bits per heavy atom. The molecule has 0 unspecified atom stereocenters. The van der Waals surface area contributed by atoms with Crippen molar-refractivity contribution in [3.63, 3.8) is 0 Å². The topological polar surface area (TPSA) is 16.1 Å². The normalized spacial score (nSPS) is 18.8. The minimum absolute atomic E-state index is 0.462. The molecular formula is C17H24N2S. The molecule has 0 atom stereocenters. The highest BCUT2D eigenvalue weighted by Gasteiger charge is 2.28. The molecule has 2 nitrogen and oxygen atoms in total. The van der Waals surface area contributed by atoms with Crippen molar-refractivity contribution < 1.29 is 0 Å². The molecule has 0 spiro atoms. The zero-order valence-electron chi connectivity index (χ0n) is 12.7. The number of thiazole rings is 1. The van der Waals surface area contributed by atoms with Gasteiger partial charge in [0.15, 0.2) is 0 Å². The average Bonchev–Trinajstić information content (AvgIpc) is 2.88. The summed E-state index contributed by atoms with van der Waals surface area (Å²) in [4.78, 5) is 7.02. The summed E-state index contributed by atoms with van der Waals surface area (Å²) in [5, 5.41) is 0. The van der Waals surface area contributed by atoms with E-state index in [0.29, 0.717) is 5.41 Å². The highest BCUT2D eigenvalue weighted by atomic mass is 32.1. The van der Waals surface area contributed by atoms with E-state index >= 15 is 0 Å². The monoisotopic (exact) mass is 288 g/mol. The van der Waals surface area contributed by atoms with Crippen LogP contribution in [0.25, 0.3) is 10.2 Å². The van der Waals surface area contributed by atoms with Gasteiger partial charge in [0, 0.05) is 6.54 Å². The number of hydrogen-bond donors (Lipinski definition) is 0. The smallest absolute Gasteiger partial charge is 0.0815 e. The molecule has 0 aliphatic carbocycles. The van der Waals surface area contributed by atoms with Crippen LogP contribution in [-0.4, -0.2) is 23.0 Å². The fourth-order valence-electron chi connectivity index (χ4n) is 3.27. The molecule has 0 N–H and O–H groups in total. The molecule has 0 saturated carbocycles. The number of fused-ring (bicyclic) bond motifs is 1. The molecule has 1 fully saturated rings. The molecule has 1 aromatic heterocycles. The number of benzene rings is 1. The molecule has 108 valence electrons. The summed E-state index contributed by atoms with van der Waals surface area (Å²) >= 11 is 1.77. The van der Waals surface area contributed by atoms with E-state index in [1.165, 1.54) is 36.2 Å². The number of nitrogens with zero attached hydrogens (tertiary/aromatic N) is 2. The molecule has 1 saturated heterocycles. The van der Waals surface area contributed by atoms with Crippen LogP contribution in [0.4, 0.5) is 0 Å². The van der Waals surface area contributed by atoms with Gasteiger partial charge in [-0.1, -0.05) is 32.9 Å². The highest BCUT2D eigenvalue weighted by Crippen LogP contribution is 2.35. The van der Waals surface area contributed by atoms with E-state index in [2.05, 4.69) is 48.9 Å². The lowest BCUT2D eigenvalue weighted by atomic mass is 9.75. The molecule has 1 aromatic carbocycles. The van der Waals surface area contributed by atoms with Gasteiger partial charge in [-0.05, 0) is 48.9 Å². The van der Waals surface area contributed by atoms with E-state index in [1.807, 2.05) is 5.51 Å². The number of piperidine rings is 1. The largest absolute Gasteiger partial charge is 0.299 e. The zero-order valence-corrected chi connectivity index (χ0v) is 13.5. The molecule has 20 heavy (non-hydrogen) atoms. The molecular weight excluding hydrogens is 264 g/mol. The minimum Gasteiger partial charge on any atom is -0.299 e. The Bertz CT molecular complexity index is 574. The van der Waals surface area contributed by atoms with E-state index in [0.717, 1.165) is 18.0 Å². The van der Waals surface area contributed by atoms with Gasteiger partial charge in [-0.2, -0.15) is 0 Å².